The number of likely N-dealkylation sites (tertiary alicyclic amines) is 1. The molecule has 6 heteroatoms. The monoisotopic (exact) mass is 380 g/mol. The lowest BCUT2D eigenvalue weighted by Gasteiger charge is -2.32. The molecule has 1 aliphatic heterocycles. The van der Waals surface area contributed by atoms with E-state index in [9.17, 15) is 14.4 Å². The van der Waals surface area contributed by atoms with Gasteiger partial charge in [0.05, 0.1) is 12.7 Å². The second kappa shape index (κ2) is 8.69. The standard InChI is InChI=1S/C22H24N2O4/c1-15(25)23-18-11-9-16(10-12-18)22(27)24-13-5-6-17(14-24)21(26)19-7-3-4-8-20(19)28-2/h3-4,7-12,17H,5-6,13-14H2,1-2H3,(H,23,25)/t17-/m1/s1. The van der Waals surface area contributed by atoms with Crippen LogP contribution in [0.2, 0.25) is 0 Å². The van der Waals surface area contributed by atoms with Crippen molar-refractivity contribution in [2.45, 2.75) is 19.8 Å². The summed E-state index contributed by atoms with van der Waals surface area (Å²) in [6.07, 6.45) is 1.53. The van der Waals surface area contributed by atoms with Crippen LogP contribution in [0.3, 0.4) is 0 Å². The summed E-state index contributed by atoms with van der Waals surface area (Å²) in [4.78, 5) is 38.7. The molecule has 2 aromatic rings. The van der Waals surface area contributed by atoms with Gasteiger partial charge in [0.25, 0.3) is 5.91 Å². The van der Waals surface area contributed by atoms with E-state index in [1.54, 1.807) is 48.4 Å². The highest BCUT2D eigenvalue weighted by molar-refractivity contribution is 6.01. The Balaban J connectivity index is 1.71. The zero-order chi connectivity index (χ0) is 20.1. The Bertz CT molecular complexity index is 876. The van der Waals surface area contributed by atoms with Crippen LogP contribution in [-0.4, -0.2) is 42.7 Å². The number of ketones is 1. The molecule has 6 nitrogen and oxygen atoms in total. The Labute approximate surface area is 164 Å². The van der Waals surface area contributed by atoms with Gasteiger partial charge in [0.2, 0.25) is 5.91 Å². The number of nitrogens with zero attached hydrogens (tertiary/aromatic N) is 1. The molecule has 1 atom stereocenters. The van der Waals surface area contributed by atoms with E-state index in [0.717, 1.165) is 12.8 Å². The summed E-state index contributed by atoms with van der Waals surface area (Å²) in [7, 11) is 1.55. The van der Waals surface area contributed by atoms with Crippen LogP contribution in [0.15, 0.2) is 48.5 Å². The van der Waals surface area contributed by atoms with Crippen molar-refractivity contribution in [3.8, 4) is 5.75 Å². The first-order valence-electron chi connectivity index (χ1n) is 9.33. The van der Waals surface area contributed by atoms with Gasteiger partial charge in [-0.2, -0.15) is 0 Å². The molecule has 1 heterocycles. The summed E-state index contributed by atoms with van der Waals surface area (Å²) in [5.41, 5.74) is 1.75. The van der Waals surface area contributed by atoms with Gasteiger partial charge in [-0.25, -0.2) is 0 Å². The number of amides is 2. The van der Waals surface area contributed by atoms with Crippen LogP contribution in [0.4, 0.5) is 5.69 Å². The van der Waals surface area contributed by atoms with Gasteiger partial charge in [-0.3, -0.25) is 14.4 Å². The van der Waals surface area contributed by atoms with Gasteiger partial charge in [0, 0.05) is 37.2 Å². The number of benzene rings is 2. The maximum absolute atomic E-state index is 13.0. The van der Waals surface area contributed by atoms with Crippen molar-refractivity contribution in [2.75, 3.05) is 25.5 Å². The van der Waals surface area contributed by atoms with Crippen LogP contribution in [0.25, 0.3) is 0 Å². The van der Waals surface area contributed by atoms with Crippen LogP contribution in [0.5, 0.6) is 5.75 Å². The summed E-state index contributed by atoms with van der Waals surface area (Å²) in [5, 5.41) is 2.68. The molecule has 2 aromatic carbocycles. The first kappa shape index (κ1) is 19.6. The number of methoxy groups -OCH3 is 1. The largest absolute Gasteiger partial charge is 0.496 e. The predicted molar refractivity (Wildman–Crippen MR) is 107 cm³/mol. The summed E-state index contributed by atoms with van der Waals surface area (Å²) in [5.74, 6) is 0.0628. The number of ether oxygens (including phenoxy) is 1. The molecule has 146 valence electrons. The van der Waals surface area contributed by atoms with Crippen LogP contribution >= 0.6 is 0 Å². The van der Waals surface area contributed by atoms with Crippen LogP contribution in [0, 0.1) is 5.92 Å². The molecule has 1 fully saturated rings. The van der Waals surface area contributed by atoms with E-state index in [0.29, 0.717) is 35.7 Å². The van der Waals surface area contributed by atoms with Gasteiger partial charge in [0.15, 0.2) is 5.78 Å². The van der Waals surface area contributed by atoms with E-state index in [1.807, 2.05) is 12.1 Å². The second-order valence-electron chi connectivity index (χ2n) is 6.91. The van der Waals surface area contributed by atoms with Gasteiger partial charge < -0.3 is 15.0 Å². The predicted octanol–water partition coefficient (Wildman–Crippen LogP) is 3.39. The number of hydrogen-bond donors (Lipinski definition) is 1. The molecule has 0 spiro atoms. The number of carbonyl (C=O) groups excluding carboxylic acids is 3. The highest BCUT2D eigenvalue weighted by Gasteiger charge is 2.30. The molecule has 0 aromatic heterocycles. The van der Waals surface area contributed by atoms with Crippen molar-refractivity contribution in [2.24, 2.45) is 5.92 Å². The highest BCUT2D eigenvalue weighted by Crippen LogP contribution is 2.27. The first-order valence-corrected chi connectivity index (χ1v) is 9.33. The molecule has 1 aliphatic rings. The minimum absolute atomic E-state index is 0.0101. The minimum Gasteiger partial charge on any atom is -0.496 e. The number of anilines is 1. The molecule has 1 N–H and O–H groups in total. The number of carbonyl (C=O) groups is 3. The van der Waals surface area contributed by atoms with Gasteiger partial charge in [-0.1, -0.05) is 12.1 Å². The molecule has 0 bridgehead atoms. The van der Waals surface area contributed by atoms with Crippen molar-refractivity contribution < 1.29 is 19.1 Å². The fourth-order valence-corrected chi connectivity index (χ4v) is 3.53. The number of para-hydroxylation sites is 1. The van der Waals surface area contributed by atoms with Crippen molar-refractivity contribution >= 4 is 23.3 Å². The number of piperidine rings is 1. The van der Waals surface area contributed by atoms with Gasteiger partial charge in [-0.15, -0.1) is 0 Å². The SMILES string of the molecule is COc1ccccc1C(=O)[C@@H]1CCCN(C(=O)c2ccc(NC(C)=O)cc2)C1. The maximum Gasteiger partial charge on any atom is 0.253 e. The smallest absolute Gasteiger partial charge is 0.253 e. The maximum atomic E-state index is 13.0. The van der Waals surface area contributed by atoms with Crippen molar-refractivity contribution in [3.63, 3.8) is 0 Å². The highest BCUT2D eigenvalue weighted by atomic mass is 16.5. The summed E-state index contributed by atoms with van der Waals surface area (Å²) in [6.45, 7) is 2.46. The molecule has 2 amide bonds. The van der Waals surface area contributed by atoms with E-state index in [1.165, 1.54) is 6.92 Å². The van der Waals surface area contributed by atoms with Gasteiger partial charge in [-0.05, 0) is 49.2 Å². The molecule has 28 heavy (non-hydrogen) atoms. The van der Waals surface area contributed by atoms with E-state index in [2.05, 4.69) is 5.32 Å². The summed E-state index contributed by atoms with van der Waals surface area (Å²) in [6, 6.07) is 14.0. The molecule has 0 aliphatic carbocycles. The van der Waals surface area contributed by atoms with Crippen LogP contribution in [-0.2, 0) is 4.79 Å². The average molecular weight is 380 g/mol. The molecule has 0 saturated carbocycles. The third-order valence-corrected chi connectivity index (χ3v) is 4.90. The second-order valence-corrected chi connectivity index (χ2v) is 6.91. The van der Waals surface area contributed by atoms with E-state index >= 15 is 0 Å². The Morgan fingerprint density at radius 2 is 1.79 bits per heavy atom. The van der Waals surface area contributed by atoms with Crippen LogP contribution < -0.4 is 10.1 Å². The van der Waals surface area contributed by atoms with E-state index in [4.69, 9.17) is 4.74 Å². The zero-order valence-corrected chi connectivity index (χ0v) is 16.1. The van der Waals surface area contributed by atoms with Gasteiger partial charge >= 0.3 is 0 Å². The number of nitrogens with one attached hydrogen (secondary N) is 1. The first-order chi connectivity index (χ1) is 13.5. The third-order valence-electron chi connectivity index (χ3n) is 4.90. The molecule has 0 unspecified atom stereocenters. The Kier molecular flexibility index (Phi) is 6.09. The summed E-state index contributed by atoms with van der Waals surface area (Å²) >= 11 is 0. The van der Waals surface area contributed by atoms with E-state index in [-0.39, 0.29) is 23.5 Å². The minimum atomic E-state index is -0.243. The van der Waals surface area contributed by atoms with E-state index < -0.39 is 0 Å². The normalized spacial score (nSPS) is 16.4. The number of hydrogen-bond acceptors (Lipinski definition) is 4. The third kappa shape index (κ3) is 4.39. The lowest BCUT2D eigenvalue weighted by molar-refractivity contribution is -0.114. The van der Waals surface area contributed by atoms with Crippen molar-refractivity contribution in [1.29, 1.82) is 0 Å². The Morgan fingerprint density at radius 1 is 1.07 bits per heavy atom. The van der Waals surface area contributed by atoms with Gasteiger partial charge in [0.1, 0.15) is 5.75 Å². The lowest BCUT2D eigenvalue weighted by Crippen LogP contribution is -2.42. The summed E-state index contributed by atoms with van der Waals surface area (Å²) < 4.78 is 5.31. The van der Waals surface area contributed by atoms with Crippen LogP contribution in [0.1, 0.15) is 40.5 Å². The van der Waals surface area contributed by atoms with Crippen molar-refractivity contribution in [3.05, 3.63) is 59.7 Å². The molecule has 0 radical (unpaired) electrons. The Hall–Kier alpha value is -3.15. The number of Topliss-reactive ketones (excluding diaryl/α,β-unsaturated/α-hetero) is 1. The fourth-order valence-electron chi connectivity index (χ4n) is 3.53. The molecule has 3 rings (SSSR count). The molecular weight excluding hydrogens is 356 g/mol. The average Bonchev–Trinajstić information content (AvgIpc) is 2.73. The lowest BCUT2D eigenvalue weighted by atomic mass is 9.89. The number of rotatable bonds is 5. The molecule has 1 saturated heterocycles. The van der Waals surface area contributed by atoms with Crippen molar-refractivity contribution in [1.82, 2.24) is 4.90 Å². The quantitative estimate of drug-likeness (QED) is 0.807. The molecular formula is C22H24N2O4. The Morgan fingerprint density at radius 3 is 2.46 bits per heavy atom. The fraction of sp³-hybridized carbons (Fsp3) is 0.318. The zero-order valence-electron chi connectivity index (χ0n) is 16.1. The topological polar surface area (TPSA) is 75.7 Å².